The highest BCUT2D eigenvalue weighted by Crippen LogP contribution is 2.61. The van der Waals surface area contributed by atoms with Gasteiger partial charge in [-0.15, -0.1) is 10.5 Å². The Kier molecular flexibility index (Phi) is 3.72. The highest BCUT2D eigenvalue weighted by Gasteiger charge is 2.36. The summed E-state index contributed by atoms with van der Waals surface area (Å²) in [7, 11) is 0.130. The number of hydrogen-bond acceptors (Lipinski definition) is 0. The first-order chi connectivity index (χ1) is 12.7. The van der Waals surface area contributed by atoms with Crippen LogP contribution in [0.2, 0.25) is 0 Å². The molecular formula is C25H22S. The second-order valence-electron chi connectivity index (χ2n) is 7.27. The lowest BCUT2D eigenvalue weighted by molar-refractivity contribution is 1.09. The lowest BCUT2D eigenvalue weighted by Gasteiger charge is -2.22. The van der Waals surface area contributed by atoms with Crippen molar-refractivity contribution >= 4 is 26.1 Å². The summed E-state index contributed by atoms with van der Waals surface area (Å²) in [5, 5.41) is 3.11. The molecule has 0 saturated heterocycles. The molecule has 0 spiro atoms. The van der Waals surface area contributed by atoms with Gasteiger partial charge >= 0.3 is 0 Å². The Morgan fingerprint density at radius 3 is 2.58 bits per heavy atom. The Balaban J connectivity index is 1.75. The van der Waals surface area contributed by atoms with Crippen molar-refractivity contribution in [3.8, 4) is 0 Å². The molecule has 0 bridgehead atoms. The molecule has 1 aliphatic heterocycles. The summed E-state index contributed by atoms with van der Waals surface area (Å²) in [5.41, 5.74) is 5.97. The van der Waals surface area contributed by atoms with Crippen LogP contribution in [0.15, 0.2) is 101 Å². The third kappa shape index (κ3) is 2.34. The van der Waals surface area contributed by atoms with E-state index in [4.69, 9.17) is 0 Å². The first-order valence-corrected chi connectivity index (χ1v) is 10.5. The highest BCUT2D eigenvalue weighted by atomic mass is 32.2. The van der Waals surface area contributed by atoms with E-state index in [2.05, 4.69) is 92.8 Å². The first-order valence-electron chi connectivity index (χ1n) is 9.25. The molecule has 2 aromatic carbocycles. The molecule has 128 valence electrons. The number of rotatable bonds is 2. The lowest BCUT2D eigenvalue weighted by atomic mass is 9.92. The van der Waals surface area contributed by atoms with Crippen LogP contribution >= 0.6 is 10.5 Å². The van der Waals surface area contributed by atoms with Crippen LogP contribution in [0, 0.1) is 0 Å². The fourth-order valence-electron chi connectivity index (χ4n) is 4.32. The summed E-state index contributed by atoms with van der Waals surface area (Å²) in [6.45, 7) is 4.61. The second kappa shape index (κ2) is 6.10. The minimum atomic E-state index is 0.130. The van der Waals surface area contributed by atoms with Gasteiger partial charge in [-0.05, 0) is 70.3 Å². The smallest absolute Gasteiger partial charge is 0.0549 e. The maximum absolute atomic E-state index is 2.41. The average Bonchev–Trinajstić information content (AvgIpc) is 3.37. The van der Waals surface area contributed by atoms with Crippen molar-refractivity contribution in [3.63, 3.8) is 0 Å². The van der Waals surface area contributed by atoms with Gasteiger partial charge in [-0.3, -0.25) is 0 Å². The molecule has 1 heterocycles. The molecule has 26 heavy (non-hydrogen) atoms. The van der Waals surface area contributed by atoms with Crippen LogP contribution in [0.3, 0.4) is 0 Å². The van der Waals surface area contributed by atoms with Crippen LogP contribution in [-0.2, 0) is 0 Å². The van der Waals surface area contributed by atoms with E-state index in [1.54, 1.807) is 5.57 Å². The minimum absolute atomic E-state index is 0.130. The lowest BCUT2D eigenvalue weighted by Crippen LogP contribution is -2.02. The van der Waals surface area contributed by atoms with E-state index in [0.29, 0.717) is 5.25 Å². The summed E-state index contributed by atoms with van der Waals surface area (Å²) < 4.78 is 0. The Morgan fingerprint density at radius 2 is 1.81 bits per heavy atom. The van der Waals surface area contributed by atoms with Crippen molar-refractivity contribution in [3.05, 3.63) is 106 Å². The van der Waals surface area contributed by atoms with E-state index in [1.165, 1.54) is 37.3 Å². The van der Waals surface area contributed by atoms with Gasteiger partial charge in [0.05, 0.1) is 5.25 Å². The zero-order chi connectivity index (χ0) is 17.7. The Morgan fingerprint density at radius 1 is 0.962 bits per heavy atom. The molecule has 0 N–H and O–H groups in total. The van der Waals surface area contributed by atoms with Crippen LogP contribution in [0.4, 0.5) is 0 Å². The number of benzene rings is 2. The van der Waals surface area contributed by atoms with Crippen molar-refractivity contribution in [2.75, 3.05) is 0 Å². The topological polar surface area (TPSA) is 0 Å². The maximum atomic E-state index is 2.41. The van der Waals surface area contributed by atoms with Crippen molar-refractivity contribution in [2.45, 2.75) is 25.5 Å². The predicted molar refractivity (Wildman–Crippen MR) is 117 cm³/mol. The Bertz CT molecular complexity index is 1110. The van der Waals surface area contributed by atoms with Gasteiger partial charge in [0.15, 0.2) is 0 Å². The van der Waals surface area contributed by atoms with Crippen LogP contribution in [0.1, 0.15) is 31.1 Å². The molecule has 0 amide bonds. The second-order valence-corrected chi connectivity index (χ2v) is 9.68. The molecule has 0 radical (unpaired) electrons. The molecule has 0 fully saturated rings. The third-order valence-corrected chi connectivity index (χ3v) is 8.12. The van der Waals surface area contributed by atoms with Crippen molar-refractivity contribution < 1.29 is 0 Å². The van der Waals surface area contributed by atoms with E-state index in [0.717, 1.165) is 6.42 Å². The molecule has 2 aromatic rings. The highest BCUT2D eigenvalue weighted by molar-refractivity contribution is 8.20. The summed E-state index contributed by atoms with van der Waals surface area (Å²) in [4.78, 5) is 3.06. The quantitative estimate of drug-likeness (QED) is 0.509. The van der Waals surface area contributed by atoms with Crippen LogP contribution in [-0.4, -0.2) is 4.86 Å². The zero-order valence-corrected chi connectivity index (χ0v) is 16.0. The van der Waals surface area contributed by atoms with Gasteiger partial charge in [-0.25, -0.2) is 0 Å². The van der Waals surface area contributed by atoms with E-state index in [1.807, 2.05) is 0 Å². The van der Waals surface area contributed by atoms with Crippen molar-refractivity contribution in [1.82, 2.24) is 0 Å². The molecule has 2 aliphatic carbocycles. The van der Waals surface area contributed by atoms with Gasteiger partial charge in [0, 0.05) is 4.91 Å². The summed E-state index contributed by atoms with van der Waals surface area (Å²) >= 11 is 0. The van der Waals surface area contributed by atoms with E-state index in [-0.39, 0.29) is 10.5 Å². The molecule has 5 rings (SSSR count). The van der Waals surface area contributed by atoms with E-state index < -0.39 is 0 Å². The zero-order valence-electron chi connectivity index (χ0n) is 15.2. The van der Waals surface area contributed by atoms with Crippen molar-refractivity contribution in [2.24, 2.45) is 0 Å². The Hall–Kier alpha value is -2.38. The average molecular weight is 355 g/mol. The van der Waals surface area contributed by atoms with Gasteiger partial charge in [-0.2, -0.15) is 0 Å². The Labute approximate surface area is 157 Å². The molecule has 0 aromatic heterocycles. The molecule has 0 nitrogen and oxygen atoms in total. The molecule has 2 unspecified atom stereocenters. The summed E-state index contributed by atoms with van der Waals surface area (Å²) in [6.07, 6.45) is 14.8. The van der Waals surface area contributed by atoms with Crippen molar-refractivity contribution in [1.29, 1.82) is 0 Å². The molecule has 1 heteroatoms. The number of allylic oxidation sites excluding steroid dienone is 8. The van der Waals surface area contributed by atoms with Gasteiger partial charge < -0.3 is 0 Å². The minimum Gasteiger partial charge on any atom is -0.143 e. The van der Waals surface area contributed by atoms with Gasteiger partial charge in [-0.1, -0.05) is 66.8 Å². The van der Waals surface area contributed by atoms with E-state index >= 15 is 0 Å². The standard InChI is InChI=1S/C25H22S/c1-17(2)26-23-13-7-12-22(23)24(19-9-4-5-10-19)25(26)21-15-14-18-8-3-6-11-20(18)16-21/h3-9,11-16,25H,10H2,1-2H3. The van der Waals surface area contributed by atoms with Crippen LogP contribution in [0.25, 0.3) is 10.8 Å². The summed E-state index contributed by atoms with van der Waals surface area (Å²) in [5.74, 6) is 0. The maximum Gasteiger partial charge on any atom is 0.0549 e. The predicted octanol–water partition coefficient (Wildman–Crippen LogP) is 7.01. The SMILES string of the molecule is CC(C)=S1C2=CC=CC2=C(C2=CC=CC2)C1c1ccc2ccccc2c1. The number of fused-ring (bicyclic) bond motifs is 2. The first kappa shape index (κ1) is 15.8. The normalized spacial score (nSPS) is 23.6. The molecule has 0 saturated carbocycles. The van der Waals surface area contributed by atoms with Crippen LogP contribution < -0.4 is 0 Å². The number of hydrogen-bond donors (Lipinski definition) is 0. The monoisotopic (exact) mass is 354 g/mol. The molecule has 3 aliphatic rings. The fourth-order valence-corrected chi connectivity index (χ4v) is 7.06. The van der Waals surface area contributed by atoms with Crippen LogP contribution in [0.5, 0.6) is 0 Å². The van der Waals surface area contributed by atoms with Gasteiger partial charge in [0.2, 0.25) is 0 Å². The van der Waals surface area contributed by atoms with E-state index in [9.17, 15) is 0 Å². The largest absolute Gasteiger partial charge is 0.143 e. The van der Waals surface area contributed by atoms with Gasteiger partial charge in [0.1, 0.15) is 0 Å². The molecule has 2 atom stereocenters. The third-order valence-electron chi connectivity index (χ3n) is 5.43. The summed E-state index contributed by atoms with van der Waals surface area (Å²) in [6, 6.07) is 15.8. The van der Waals surface area contributed by atoms with Gasteiger partial charge in [0.25, 0.3) is 0 Å². The molecular weight excluding hydrogens is 332 g/mol. The fraction of sp³-hybridized carbons (Fsp3) is 0.160.